The Balaban J connectivity index is 2.69. The van der Waals surface area contributed by atoms with Gasteiger partial charge in [-0.25, -0.2) is 0 Å². The summed E-state index contributed by atoms with van der Waals surface area (Å²) in [7, 11) is 0. The van der Waals surface area contributed by atoms with Crippen LogP contribution in [0, 0.1) is 11.8 Å². The van der Waals surface area contributed by atoms with Crippen molar-refractivity contribution in [2.45, 2.75) is 58.7 Å². The summed E-state index contributed by atoms with van der Waals surface area (Å²) in [6.45, 7) is 10.0. The normalized spacial score (nSPS) is 25.3. The minimum atomic E-state index is -0.714. The number of Topliss-reactive ketones (excluding diaryl/α,β-unsaturated/α-hetero) is 1. The van der Waals surface area contributed by atoms with E-state index in [0.717, 1.165) is 0 Å². The Morgan fingerprint density at radius 1 is 1.32 bits per heavy atom. The van der Waals surface area contributed by atoms with Crippen molar-refractivity contribution in [1.82, 2.24) is 5.32 Å². The lowest BCUT2D eigenvalue weighted by Crippen LogP contribution is -2.53. The molecule has 1 fully saturated rings. The summed E-state index contributed by atoms with van der Waals surface area (Å²) >= 11 is 0. The van der Waals surface area contributed by atoms with Crippen LogP contribution in [0.3, 0.4) is 0 Å². The summed E-state index contributed by atoms with van der Waals surface area (Å²) in [5.74, 6) is 0.0400. The molecule has 0 aromatic rings. The number of carbonyl (C=O) groups excluding carboxylic acids is 2. The van der Waals surface area contributed by atoms with Gasteiger partial charge in [-0.15, -0.1) is 0 Å². The van der Waals surface area contributed by atoms with Crippen molar-refractivity contribution in [2.24, 2.45) is 17.6 Å². The smallest absolute Gasteiger partial charge is 0.237 e. The average Bonchev–Trinajstić information content (AvgIpc) is 3.04. The molecule has 0 saturated carbocycles. The quantitative estimate of drug-likeness (QED) is 0.672. The topological polar surface area (TPSA) is 84.7 Å². The second-order valence-corrected chi connectivity index (χ2v) is 6.34. The van der Waals surface area contributed by atoms with E-state index in [0.29, 0.717) is 18.9 Å². The largest absolute Gasteiger partial charge is 0.361 e. The van der Waals surface area contributed by atoms with Crippen molar-refractivity contribution < 1.29 is 14.3 Å². The van der Waals surface area contributed by atoms with Crippen LogP contribution in [0.25, 0.3) is 0 Å². The van der Waals surface area contributed by atoms with E-state index in [2.05, 4.69) is 5.32 Å². The van der Waals surface area contributed by atoms with Crippen molar-refractivity contribution in [3.05, 3.63) is 0 Å². The Labute approximate surface area is 115 Å². The Hall–Kier alpha value is -0.940. The minimum Gasteiger partial charge on any atom is -0.361 e. The molecule has 3 unspecified atom stereocenters. The molecule has 0 spiro atoms. The first-order chi connectivity index (χ1) is 8.67. The van der Waals surface area contributed by atoms with Gasteiger partial charge in [-0.1, -0.05) is 27.7 Å². The Morgan fingerprint density at radius 3 is 2.21 bits per heavy atom. The zero-order valence-electron chi connectivity index (χ0n) is 12.5. The van der Waals surface area contributed by atoms with E-state index in [1.807, 2.05) is 27.7 Å². The second-order valence-electron chi connectivity index (χ2n) is 6.34. The summed E-state index contributed by atoms with van der Waals surface area (Å²) < 4.78 is 5.18. The highest BCUT2D eigenvalue weighted by atomic mass is 16.6. The number of rotatable bonds is 7. The first-order valence-corrected chi connectivity index (χ1v) is 6.91. The highest BCUT2D eigenvalue weighted by Gasteiger charge is 2.50. The van der Waals surface area contributed by atoms with Crippen LogP contribution >= 0.6 is 0 Å². The maximum absolute atomic E-state index is 12.3. The first kappa shape index (κ1) is 16.1. The van der Waals surface area contributed by atoms with Gasteiger partial charge in [0.05, 0.1) is 18.7 Å². The number of ether oxygens (including phenoxy) is 1. The fraction of sp³-hybridized carbons (Fsp3) is 0.857. The number of epoxide rings is 1. The van der Waals surface area contributed by atoms with Crippen LogP contribution in [0.1, 0.15) is 41.0 Å². The molecule has 0 bridgehead atoms. The molecule has 1 amide bonds. The standard InChI is InChI=1S/C14H26N2O3/c1-8(2)6-10(12(17)14(5)7-19-14)16-13(18)11(15)9(3)4/h8-11H,6-7,15H2,1-5H3,(H,16,18). The molecule has 3 atom stereocenters. The van der Waals surface area contributed by atoms with E-state index in [9.17, 15) is 9.59 Å². The lowest BCUT2D eigenvalue weighted by molar-refractivity contribution is -0.131. The van der Waals surface area contributed by atoms with Crippen molar-refractivity contribution in [1.29, 1.82) is 0 Å². The van der Waals surface area contributed by atoms with E-state index in [-0.39, 0.29) is 17.6 Å². The number of hydrogen-bond acceptors (Lipinski definition) is 4. The van der Waals surface area contributed by atoms with Gasteiger partial charge in [0.15, 0.2) is 5.78 Å². The molecular formula is C14H26N2O3. The van der Waals surface area contributed by atoms with E-state index in [1.165, 1.54) is 0 Å². The van der Waals surface area contributed by atoms with Crippen LogP contribution in [0.5, 0.6) is 0 Å². The predicted octanol–water partition coefficient (Wildman–Crippen LogP) is 0.859. The number of nitrogens with two attached hydrogens (primary N) is 1. The molecule has 0 radical (unpaired) electrons. The van der Waals surface area contributed by atoms with Crippen molar-refractivity contribution >= 4 is 11.7 Å². The van der Waals surface area contributed by atoms with Crippen molar-refractivity contribution in [3.63, 3.8) is 0 Å². The summed E-state index contributed by atoms with van der Waals surface area (Å²) in [6.07, 6.45) is 0.605. The molecule has 19 heavy (non-hydrogen) atoms. The lowest BCUT2D eigenvalue weighted by atomic mass is 9.93. The van der Waals surface area contributed by atoms with Gasteiger partial charge in [0, 0.05) is 0 Å². The SMILES string of the molecule is CC(C)CC(NC(=O)C(N)C(C)C)C(=O)C1(C)CO1. The van der Waals surface area contributed by atoms with E-state index >= 15 is 0 Å². The molecule has 5 nitrogen and oxygen atoms in total. The lowest BCUT2D eigenvalue weighted by Gasteiger charge is -2.24. The van der Waals surface area contributed by atoms with Crippen LogP contribution < -0.4 is 11.1 Å². The van der Waals surface area contributed by atoms with E-state index in [4.69, 9.17) is 10.5 Å². The molecule has 3 N–H and O–H groups in total. The molecule has 0 aromatic carbocycles. The molecule has 0 aliphatic carbocycles. The minimum absolute atomic E-state index is 0.0440. The van der Waals surface area contributed by atoms with Gasteiger partial charge < -0.3 is 15.8 Å². The molecule has 0 aromatic heterocycles. The van der Waals surface area contributed by atoms with Crippen LogP contribution in [0.15, 0.2) is 0 Å². The maximum atomic E-state index is 12.3. The van der Waals surface area contributed by atoms with Crippen LogP contribution in [0.4, 0.5) is 0 Å². The predicted molar refractivity (Wildman–Crippen MR) is 73.6 cm³/mol. The molecule has 1 aliphatic rings. The Morgan fingerprint density at radius 2 is 1.84 bits per heavy atom. The van der Waals surface area contributed by atoms with Crippen molar-refractivity contribution in [3.8, 4) is 0 Å². The average molecular weight is 270 g/mol. The zero-order chi connectivity index (χ0) is 14.8. The molecule has 1 rings (SSSR count). The van der Waals surface area contributed by atoms with Gasteiger partial charge in [0.1, 0.15) is 5.60 Å². The highest BCUT2D eigenvalue weighted by Crippen LogP contribution is 2.29. The van der Waals surface area contributed by atoms with Crippen LogP contribution in [-0.4, -0.2) is 36.0 Å². The summed E-state index contributed by atoms with van der Waals surface area (Å²) in [6, 6.07) is -1.10. The number of ketones is 1. The van der Waals surface area contributed by atoms with Gasteiger partial charge >= 0.3 is 0 Å². The van der Waals surface area contributed by atoms with Crippen molar-refractivity contribution in [2.75, 3.05) is 6.61 Å². The fourth-order valence-corrected chi connectivity index (χ4v) is 1.89. The number of nitrogens with one attached hydrogen (secondary N) is 1. The monoisotopic (exact) mass is 270 g/mol. The third-order valence-electron chi connectivity index (χ3n) is 3.46. The number of carbonyl (C=O) groups is 2. The third-order valence-corrected chi connectivity index (χ3v) is 3.46. The van der Waals surface area contributed by atoms with Gasteiger partial charge in [0.2, 0.25) is 5.91 Å². The van der Waals surface area contributed by atoms with E-state index < -0.39 is 17.7 Å². The Kier molecular flexibility index (Phi) is 5.10. The fourth-order valence-electron chi connectivity index (χ4n) is 1.89. The highest BCUT2D eigenvalue weighted by molar-refractivity contribution is 5.97. The summed E-state index contributed by atoms with van der Waals surface area (Å²) in [4.78, 5) is 24.3. The molecule has 1 aliphatic heterocycles. The Bertz CT molecular complexity index is 349. The first-order valence-electron chi connectivity index (χ1n) is 6.91. The van der Waals surface area contributed by atoms with Gasteiger partial charge in [-0.3, -0.25) is 9.59 Å². The number of hydrogen-bond donors (Lipinski definition) is 2. The third kappa shape index (κ3) is 4.28. The molecule has 110 valence electrons. The summed E-state index contributed by atoms with van der Waals surface area (Å²) in [5.41, 5.74) is 5.10. The maximum Gasteiger partial charge on any atom is 0.237 e. The summed E-state index contributed by atoms with van der Waals surface area (Å²) in [5, 5.41) is 2.78. The molecule has 1 saturated heterocycles. The molecular weight excluding hydrogens is 244 g/mol. The van der Waals surface area contributed by atoms with Gasteiger partial charge in [-0.05, 0) is 25.2 Å². The second kappa shape index (κ2) is 6.01. The van der Waals surface area contributed by atoms with Crippen LogP contribution in [-0.2, 0) is 14.3 Å². The zero-order valence-corrected chi connectivity index (χ0v) is 12.5. The number of amides is 1. The van der Waals surface area contributed by atoms with Gasteiger partial charge in [-0.2, -0.15) is 0 Å². The molecule has 5 heteroatoms. The van der Waals surface area contributed by atoms with E-state index in [1.54, 1.807) is 6.92 Å². The van der Waals surface area contributed by atoms with Crippen LogP contribution in [0.2, 0.25) is 0 Å². The molecule has 1 heterocycles. The van der Waals surface area contributed by atoms with Gasteiger partial charge in [0.25, 0.3) is 0 Å².